The Hall–Kier alpha value is -1.63. The molecule has 7 heteroatoms. The van der Waals surface area contributed by atoms with E-state index in [1.807, 2.05) is 0 Å². The van der Waals surface area contributed by atoms with Crippen LogP contribution in [0.3, 0.4) is 0 Å². The molecule has 2 rings (SSSR count). The largest absolute Gasteiger partial charge is 0.393 e. The Morgan fingerprint density at radius 3 is 2.47 bits per heavy atom. The van der Waals surface area contributed by atoms with Crippen LogP contribution in [0.5, 0.6) is 0 Å². The topological polar surface area (TPSA) is 59.2 Å². The number of pyridine rings is 1. The zero-order chi connectivity index (χ0) is 14.0. The van der Waals surface area contributed by atoms with E-state index in [4.69, 9.17) is 5.73 Å². The first-order valence-corrected chi connectivity index (χ1v) is 5.85. The van der Waals surface area contributed by atoms with Gasteiger partial charge in [0.25, 0.3) is 0 Å². The molecule has 19 heavy (non-hydrogen) atoms. The summed E-state index contributed by atoms with van der Waals surface area (Å²) in [5.74, 6) is -3.73. The number of halogens is 3. The van der Waals surface area contributed by atoms with Crippen LogP contribution in [0.25, 0.3) is 0 Å². The molecule has 1 aliphatic rings. The smallest absolute Gasteiger partial charge is 0.369 e. The normalized spacial score (nSPS) is 24.6. The van der Waals surface area contributed by atoms with Crippen molar-refractivity contribution in [2.24, 2.45) is 17.6 Å². The number of nitrogens with two attached hydrogens (primary N) is 1. The monoisotopic (exact) mass is 273 g/mol. The van der Waals surface area contributed by atoms with Crippen LogP contribution in [-0.2, 0) is 11.3 Å². The summed E-state index contributed by atoms with van der Waals surface area (Å²) >= 11 is 0. The summed E-state index contributed by atoms with van der Waals surface area (Å²) in [6.45, 7) is 0.208. The van der Waals surface area contributed by atoms with Crippen molar-refractivity contribution >= 4 is 5.91 Å². The van der Waals surface area contributed by atoms with Crippen LogP contribution >= 0.6 is 0 Å². The Morgan fingerprint density at radius 2 is 2.00 bits per heavy atom. The second-order valence-electron chi connectivity index (χ2n) is 4.71. The number of hydrogen-bond donors (Lipinski definition) is 1. The van der Waals surface area contributed by atoms with E-state index in [0.29, 0.717) is 6.54 Å². The molecule has 2 atom stereocenters. The number of amides is 1. The van der Waals surface area contributed by atoms with Gasteiger partial charge in [0.15, 0.2) is 0 Å². The number of alkyl halides is 3. The Balaban J connectivity index is 2.08. The minimum Gasteiger partial charge on any atom is -0.369 e. The summed E-state index contributed by atoms with van der Waals surface area (Å²) in [7, 11) is 0. The molecule has 0 saturated carbocycles. The fourth-order valence-electron chi connectivity index (χ4n) is 2.38. The lowest BCUT2D eigenvalue weighted by atomic mass is 9.95. The van der Waals surface area contributed by atoms with Crippen molar-refractivity contribution in [3.63, 3.8) is 0 Å². The molecule has 1 aliphatic heterocycles. The number of hydrogen-bond acceptors (Lipinski definition) is 3. The average molecular weight is 273 g/mol. The number of carbonyl (C=O) groups excluding carboxylic acids is 1. The Kier molecular flexibility index (Phi) is 3.75. The van der Waals surface area contributed by atoms with Crippen LogP contribution in [0.2, 0.25) is 0 Å². The van der Waals surface area contributed by atoms with Gasteiger partial charge in [-0.2, -0.15) is 13.2 Å². The fraction of sp³-hybridized carbons (Fsp3) is 0.500. The molecule has 0 bridgehead atoms. The minimum atomic E-state index is -4.40. The van der Waals surface area contributed by atoms with Gasteiger partial charge in [-0.05, 0) is 17.7 Å². The molecule has 104 valence electrons. The van der Waals surface area contributed by atoms with E-state index >= 15 is 0 Å². The Bertz CT molecular complexity index is 449. The van der Waals surface area contributed by atoms with Gasteiger partial charge in [0.2, 0.25) is 5.91 Å². The standard InChI is InChI=1S/C12H14F3N3O/c13-12(14,15)10-7-18(6-9(10)11(16)19)5-8-1-3-17-4-2-8/h1-4,9-10H,5-7H2,(H2,16,19)/t9-,10-/m1/s1. The van der Waals surface area contributed by atoms with E-state index in [1.165, 1.54) is 0 Å². The third-order valence-corrected chi connectivity index (χ3v) is 3.34. The lowest BCUT2D eigenvalue weighted by molar-refractivity contribution is -0.182. The highest BCUT2D eigenvalue weighted by atomic mass is 19.4. The second-order valence-corrected chi connectivity index (χ2v) is 4.71. The maximum absolute atomic E-state index is 12.8. The van der Waals surface area contributed by atoms with Gasteiger partial charge < -0.3 is 5.73 Å². The second kappa shape index (κ2) is 5.16. The molecular formula is C12H14F3N3O. The zero-order valence-corrected chi connectivity index (χ0v) is 10.1. The highest BCUT2D eigenvalue weighted by Crippen LogP contribution is 2.37. The predicted octanol–water partition coefficient (Wildman–Crippen LogP) is 1.18. The molecule has 1 amide bonds. The molecule has 2 N–H and O–H groups in total. The molecule has 2 heterocycles. The van der Waals surface area contributed by atoms with E-state index in [2.05, 4.69) is 4.98 Å². The maximum atomic E-state index is 12.8. The zero-order valence-electron chi connectivity index (χ0n) is 10.1. The first kappa shape index (κ1) is 13.8. The number of nitrogens with zero attached hydrogens (tertiary/aromatic N) is 2. The summed E-state index contributed by atoms with van der Waals surface area (Å²) in [6, 6.07) is 3.47. The van der Waals surface area contributed by atoms with Crippen LogP contribution in [0.1, 0.15) is 5.56 Å². The van der Waals surface area contributed by atoms with E-state index in [1.54, 1.807) is 29.4 Å². The maximum Gasteiger partial charge on any atom is 0.393 e. The lowest BCUT2D eigenvalue weighted by Crippen LogP contribution is -2.37. The van der Waals surface area contributed by atoms with Gasteiger partial charge >= 0.3 is 6.18 Å². The molecule has 4 nitrogen and oxygen atoms in total. The molecule has 1 aromatic rings. The van der Waals surface area contributed by atoms with Crippen molar-refractivity contribution in [3.05, 3.63) is 30.1 Å². The summed E-state index contributed by atoms with van der Waals surface area (Å²) in [6.07, 6.45) is -1.23. The van der Waals surface area contributed by atoms with Crippen LogP contribution in [0.15, 0.2) is 24.5 Å². The third-order valence-electron chi connectivity index (χ3n) is 3.34. The van der Waals surface area contributed by atoms with Crippen molar-refractivity contribution in [3.8, 4) is 0 Å². The van der Waals surface area contributed by atoms with Gasteiger partial charge in [0.1, 0.15) is 0 Å². The Morgan fingerprint density at radius 1 is 1.37 bits per heavy atom. The SMILES string of the molecule is NC(=O)[C@@H]1CN(Cc2ccncc2)C[C@H]1C(F)(F)F. The van der Waals surface area contributed by atoms with Gasteiger partial charge in [-0.25, -0.2) is 0 Å². The van der Waals surface area contributed by atoms with Crippen molar-refractivity contribution in [1.82, 2.24) is 9.88 Å². The predicted molar refractivity (Wildman–Crippen MR) is 61.7 cm³/mol. The lowest BCUT2D eigenvalue weighted by Gasteiger charge is -2.18. The van der Waals surface area contributed by atoms with Crippen molar-refractivity contribution < 1.29 is 18.0 Å². The molecule has 0 spiro atoms. The summed E-state index contributed by atoms with van der Waals surface area (Å²) < 4.78 is 38.5. The van der Waals surface area contributed by atoms with E-state index < -0.39 is 23.9 Å². The van der Waals surface area contributed by atoms with Crippen LogP contribution in [0.4, 0.5) is 13.2 Å². The molecule has 1 saturated heterocycles. The molecular weight excluding hydrogens is 259 g/mol. The molecule has 0 aromatic carbocycles. The molecule has 1 fully saturated rings. The first-order chi connectivity index (χ1) is 8.88. The third kappa shape index (κ3) is 3.23. The average Bonchev–Trinajstić information content (AvgIpc) is 2.74. The van der Waals surface area contributed by atoms with Crippen molar-refractivity contribution in [2.75, 3.05) is 13.1 Å². The number of primary amides is 1. The highest BCUT2D eigenvalue weighted by molar-refractivity contribution is 5.77. The first-order valence-electron chi connectivity index (χ1n) is 5.85. The van der Waals surface area contributed by atoms with Gasteiger partial charge in [0.05, 0.1) is 11.8 Å². The van der Waals surface area contributed by atoms with Crippen LogP contribution in [0, 0.1) is 11.8 Å². The summed E-state index contributed by atoms with van der Waals surface area (Å²) in [4.78, 5) is 16.6. The minimum absolute atomic E-state index is 0.0435. The van der Waals surface area contributed by atoms with Crippen LogP contribution < -0.4 is 5.73 Å². The van der Waals surface area contributed by atoms with E-state index in [-0.39, 0.29) is 13.1 Å². The molecule has 0 unspecified atom stereocenters. The van der Waals surface area contributed by atoms with Gasteiger partial charge in [-0.15, -0.1) is 0 Å². The summed E-state index contributed by atoms with van der Waals surface area (Å²) in [5, 5.41) is 0. The van der Waals surface area contributed by atoms with Crippen LogP contribution in [-0.4, -0.2) is 35.1 Å². The van der Waals surface area contributed by atoms with Gasteiger partial charge in [-0.1, -0.05) is 0 Å². The van der Waals surface area contributed by atoms with Crippen molar-refractivity contribution in [2.45, 2.75) is 12.7 Å². The number of likely N-dealkylation sites (tertiary alicyclic amines) is 1. The Labute approximate surface area is 108 Å². The van der Waals surface area contributed by atoms with Gasteiger partial charge in [-0.3, -0.25) is 14.7 Å². The fourth-order valence-corrected chi connectivity index (χ4v) is 2.38. The number of rotatable bonds is 3. The number of carbonyl (C=O) groups is 1. The quantitative estimate of drug-likeness (QED) is 0.899. The molecule has 0 aliphatic carbocycles. The van der Waals surface area contributed by atoms with Gasteiger partial charge in [0, 0.05) is 32.0 Å². The summed E-state index contributed by atoms with van der Waals surface area (Å²) in [5.41, 5.74) is 5.93. The molecule has 1 aromatic heterocycles. The van der Waals surface area contributed by atoms with E-state index in [9.17, 15) is 18.0 Å². The number of aromatic nitrogens is 1. The van der Waals surface area contributed by atoms with E-state index in [0.717, 1.165) is 5.56 Å². The molecule has 0 radical (unpaired) electrons. The van der Waals surface area contributed by atoms with Crippen molar-refractivity contribution in [1.29, 1.82) is 0 Å². The highest BCUT2D eigenvalue weighted by Gasteiger charge is 2.51.